The van der Waals surface area contributed by atoms with Gasteiger partial charge in [-0.05, 0) is 48.4 Å². The van der Waals surface area contributed by atoms with Crippen molar-refractivity contribution in [1.29, 1.82) is 0 Å². The van der Waals surface area contributed by atoms with Crippen molar-refractivity contribution in [3.8, 4) is 0 Å². The molecule has 2 atom stereocenters. The van der Waals surface area contributed by atoms with Gasteiger partial charge in [0.1, 0.15) is 5.78 Å². The summed E-state index contributed by atoms with van der Waals surface area (Å²) in [5.74, 6) is 0.0699. The number of carbonyl (C=O) groups excluding carboxylic acids is 3. The van der Waals surface area contributed by atoms with Crippen LogP contribution in [-0.4, -0.2) is 77.6 Å². The van der Waals surface area contributed by atoms with Gasteiger partial charge in [0.05, 0.1) is 32.6 Å². The molecule has 0 spiro atoms. The topological polar surface area (TPSA) is 60.9 Å². The van der Waals surface area contributed by atoms with E-state index in [9.17, 15) is 14.4 Å². The zero-order valence-corrected chi connectivity index (χ0v) is 23.6. The Morgan fingerprint density at radius 3 is 2.03 bits per heavy atom. The molecule has 2 aliphatic rings. The maximum Gasteiger partial charge on any atom is 0.227 e. The van der Waals surface area contributed by atoms with Crippen LogP contribution in [0.15, 0.2) is 36.4 Å². The van der Waals surface area contributed by atoms with Gasteiger partial charge in [-0.25, -0.2) is 0 Å². The van der Waals surface area contributed by atoms with Crippen molar-refractivity contribution in [3.63, 3.8) is 0 Å². The first kappa shape index (κ1) is 28.2. The van der Waals surface area contributed by atoms with E-state index >= 15 is 0 Å². The summed E-state index contributed by atoms with van der Waals surface area (Å²) in [6.07, 6.45) is 1.28. The van der Waals surface area contributed by atoms with E-state index in [0.29, 0.717) is 59.2 Å². The number of hydrogen-bond acceptors (Lipinski definition) is 4. The van der Waals surface area contributed by atoms with E-state index in [4.69, 9.17) is 46.4 Å². The summed E-state index contributed by atoms with van der Waals surface area (Å²) in [6, 6.07) is 10.3. The number of piperazine rings is 1. The summed E-state index contributed by atoms with van der Waals surface area (Å²) < 4.78 is 0. The Kier molecular flexibility index (Phi) is 9.41. The minimum atomic E-state index is -0.156. The summed E-state index contributed by atoms with van der Waals surface area (Å²) in [6.45, 7) is 5.00. The van der Waals surface area contributed by atoms with Crippen molar-refractivity contribution in [2.45, 2.75) is 32.2 Å². The fourth-order valence-corrected chi connectivity index (χ4v) is 5.75. The lowest BCUT2D eigenvalue weighted by molar-refractivity contribution is -0.142. The number of carbonyl (C=O) groups is 3. The minimum absolute atomic E-state index is 0.00214. The lowest BCUT2D eigenvalue weighted by atomic mass is 9.97. The van der Waals surface area contributed by atoms with Gasteiger partial charge in [-0.2, -0.15) is 0 Å². The number of ketones is 1. The fraction of sp³-hybridized carbons (Fsp3) is 0.444. The largest absolute Gasteiger partial charge is 0.339 e. The van der Waals surface area contributed by atoms with Gasteiger partial charge >= 0.3 is 0 Å². The summed E-state index contributed by atoms with van der Waals surface area (Å²) >= 11 is 24.2. The molecule has 0 bridgehead atoms. The van der Waals surface area contributed by atoms with Crippen LogP contribution in [0.4, 0.5) is 0 Å². The van der Waals surface area contributed by atoms with Crippen molar-refractivity contribution < 1.29 is 14.4 Å². The molecule has 2 saturated heterocycles. The van der Waals surface area contributed by atoms with Crippen LogP contribution in [-0.2, 0) is 27.2 Å². The van der Waals surface area contributed by atoms with Gasteiger partial charge in [0, 0.05) is 52.0 Å². The minimum Gasteiger partial charge on any atom is -0.339 e. The molecule has 2 fully saturated rings. The molecule has 2 unspecified atom stereocenters. The molecular weight excluding hydrogens is 556 g/mol. The summed E-state index contributed by atoms with van der Waals surface area (Å²) in [5.41, 5.74) is 1.64. The maximum absolute atomic E-state index is 13.3. The molecule has 37 heavy (non-hydrogen) atoms. The van der Waals surface area contributed by atoms with E-state index in [1.165, 1.54) is 0 Å². The number of Topliss-reactive ketones (excluding diaryl/α,β-unsaturated/α-hetero) is 1. The molecule has 2 aliphatic heterocycles. The molecule has 10 heteroatoms. The predicted molar refractivity (Wildman–Crippen MR) is 148 cm³/mol. The van der Waals surface area contributed by atoms with E-state index < -0.39 is 0 Å². The molecule has 2 aromatic carbocycles. The third-order valence-corrected chi connectivity index (χ3v) is 8.62. The highest BCUT2D eigenvalue weighted by Gasteiger charge is 2.35. The average Bonchev–Trinajstić information content (AvgIpc) is 3.32. The van der Waals surface area contributed by atoms with E-state index in [0.717, 1.165) is 24.1 Å². The number of rotatable bonds is 7. The number of amides is 2. The average molecular weight is 585 g/mol. The lowest BCUT2D eigenvalue weighted by Gasteiger charge is -2.42. The smallest absolute Gasteiger partial charge is 0.227 e. The predicted octanol–water partition coefficient (Wildman–Crippen LogP) is 5.04. The lowest BCUT2D eigenvalue weighted by Crippen LogP contribution is -2.59. The Balaban J connectivity index is 1.39. The first-order chi connectivity index (χ1) is 17.6. The Morgan fingerprint density at radius 1 is 0.811 bits per heavy atom. The molecule has 4 rings (SSSR count). The molecular formula is C27H29Cl4N3O3. The second-order valence-electron chi connectivity index (χ2n) is 9.77. The van der Waals surface area contributed by atoms with Crippen LogP contribution in [0.1, 0.15) is 24.5 Å². The van der Waals surface area contributed by atoms with Crippen molar-refractivity contribution in [2.75, 3.05) is 39.3 Å². The number of hydrogen-bond donors (Lipinski definition) is 0. The van der Waals surface area contributed by atoms with Crippen LogP contribution in [0.25, 0.3) is 0 Å². The number of benzene rings is 2. The quantitative estimate of drug-likeness (QED) is 0.458. The molecule has 0 aromatic heterocycles. The fourth-order valence-electron chi connectivity index (χ4n) is 5.11. The van der Waals surface area contributed by atoms with Crippen LogP contribution in [0.3, 0.4) is 0 Å². The van der Waals surface area contributed by atoms with Gasteiger partial charge in [-0.1, -0.05) is 58.5 Å². The van der Waals surface area contributed by atoms with Crippen LogP contribution < -0.4 is 0 Å². The second-order valence-corrected chi connectivity index (χ2v) is 11.4. The highest BCUT2D eigenvalue weighted by molar-refractivity contribution is 6.42. The molecule has 198 valence electrons. The Bertz CT molecular complexity index is 1190. The van der Waals surface area contributed by atoms with Crippen molar-refractivity contribution in [1.82, 2.24) is 14.7 Å². The molecule has 0 radical (unpaired) electrons. The normalized spacial score (nSPS) is 20.4. The van der Waals surface area contributed by atoms with E-state index in [-0.39, 0.29) is 36.0 Å². The van der Waals surface area contributed by atoms with E-state index in [1.807, 2.05) is 11.0 Å². The van der Waals surface area contributed by atoms with Crippen molar-refractivity contribution >= 4 is 64.0 Å². The molecule has 2 amide bonds. The third kappa shape index (κ3) is 7.18. The first-order valence-electron chi connectivity index (χ1n) is 12.3. The highest BCUT2D eigenvalue weighted by atomic mass is 35.5. The van der Waals surface area contributed by atoms with Crippen molar-refractivity contribution in [3.05, 3.63) is 67.6 Å². The van der Waals surface area contributed by atoms with Crippen molar-refractivity contribution in [2.24, 2.45) is 5.92 Å². The van der Waals surface area contributed by atoms with Gasteiger partial charge in [0.2, 0.25) is 11.8 Å². The van der Waals surface area contributed by atoms with Gasteiger partial charge in [0.15, 0.2) is 0 Å². The molecule has 0 N–H and O–H groups in total. The van der Waals surface area contributed by atoms with Crippen LogP contribution in [0, 0.1) is 5.92 Å². The zero-order valence-electron chi connectivity index (χ0n) is 20.6. The summed E-state index contributed by atoms with van der Waals surface area (Å²) in [7, 11) is 0. The number of halogens is 4. The summed E-state index contributed by atoms with van der Waals surface area (Å²) in [4.78, 5) is 44.3. The Morgan fingerprint density at radius 2 is 1.43 bits per heavy atom. The zero-order chi connectivity index (χ0) is 26.7. The highest BCUT2D eigenvalue weighted by Crippen LogP contribution is 2.26. The van der Waals surface area contributed by atoms with E-state index in [2.05, 4.69) is 4.90 Å². The monoisotopic (exact) mass is 583 g/mol. The number of likely N-dealkylation sites (tertiary alicyclic amines) is 1. The molecule has 0 aliphatic carbocycles. The molecule has 6 nitrogen and oxygen atoms in total. The van der Waals surface area contributed by atoms with Gasteiger partial charge in [-0.3, -0.25) is 14.4 Å². The molecule has 2 heterocycles. The van der Waals surface area contributed by atoms with Crippen LogP contribution in [0.2, 0.25) is 20.1 Å². The SMILES string of the molecule is CC(=O)N1CCN(C(=O)Cc2ccc(Cl)c(Cl)c2)C(CN2CCC(C(=O)Cc3ccc(Cl)c(Cl)c3)C2)C1. The standard InChI is InChI=1S/C27H29Cl4N3O3/c1-17(35)33-8-9-34(27(37)13-19-3-5-23(29)25(31)11-19)21(16-33)15-32-7-6-20(14-32)26(36)12-18-2-4-22(28)24(30)10-18/h2-5,10-11,20-21H,6-9,12-16H2,1H3. The van der Waals surface area contributed by atoms with E-state index in [1.54, 1.807) is 42.2 Å². The third-order valence-electron chi connectivity index (χ3n) is 7.15. The molecule has 0 saturated carbocycles. The van der Waals surface area contributed by atoms with Gasteiger partial charge in [-0.15, -0.1) is 0 Å². The number of nitrogens with zero attached hydrogens (tertiary/aromatic N) is 3. The molecule has 2 aromatic rings. The summed E-state index contributed by atoms with van der Waals surface area (Å²) in [5, 5.41) is 1.77. The Hall–Kier alpha value is -1.83. The van der Waals surface area contributed by atoms with Gasteiger partial charge in [0.25, 0.3) is 0 Å². The first-order valence-corrected chi connectivity index (χ1v) is 13.8. The van der Waals surface area contributed by atoms with Crippen LogP contribution >= 0.6 is 46.4 Å². The Labute approximate surface area is 237 Å². The van der Waals surface area contributed by atoms with Crippen LogP contribution in [0.5, 0.6) is 0 Å². The maximum atomic E-state index is 13.3. The second kappa shape index (κ2) is 12.4. The van der Waals surface area contributed by atoms with Gasteiger partial charge < -0.3 is 14.7 Å².